The second kappa shape index (κ2) is 7.95. The fourth-order valence-corrected chi connectivity index (χ4v) is 5.40. The molecule has 0 N–H and O–H groups in total. The third-order valence-electron chi connectivity index (χ3n) is 5.04. The van der Waals surface area contributed by atoms with Crippen LogP contribution in [0, 0.1) is 0 Å². The maximum atomic E-state index is 6.11. The van der Waals surface area contributed by atoms with Crippen molar-refractivity contribution >= 4 is 51.8 Å². The lowest BCUT2D eigenvalue weighted by Crippen LogP contribution is -2.18. The molecule has 0 aliphatic heterocycles. The number of fused-ring (bicyclic) bond motifs is 3. The van der Waals surface area contributed by atoms with E-state index in [0.29, 0.717) is 0 Å². The van der Waals surface area contributed by atoms with Crippen LogP contribution in [0.2, 0.25) is 0 Å². The fourth-order valence-electron chi connectivity index (χ4n) is 3.77. The molecule has 0 heterocycles. The lowest BCUT2D eigenvalue weighted by atomic mass is 9.86. The number of benzene rings is 2. The van der Waals surface area contributed by atoms with Crippen molar-refractivity contribution in [3.05, 3.63) is 52.0 Å². The molecule has 0 saturated heterocycles. The van der Waals surface area contributed by atoms with Crippen molar-refractivity contribution in [2.75, 3.05) is 0 Å². The predicted molar refractivity (Wildman–Crippen MR) is 118 cm³/mol. The molecule has 1 atom stereocenters. The Balaban J connectivity index is 1.86. The molecule has 1 unspecified atom stereocenters. The monoisotopic (exact) mass is 492 g/mol. The third-order valence-corrected chi connectivity index (χ3v) is 7.24. The summed E-state index contributed by atoms with van der Waals surface area (Å²) >= 11 is 6.33. The maximum absolute atomic E-state index is 6.11. The van der Waals surface area contributed by atoms with E-state index in [2.05, 4.69) is 75.8 Å². The first-order valence-corrected chi connectivity index (χ1v) is 10.8. The van der Waals surface area contributed by atoms with Crippen LogP contribution in [-0.4, -0.2) is 7.85 Å². The molecular weight excluding hydrogens is 470 g/mol. The quantitative estimate of drug-likeness (QED) is 0.176. The van der Waals surface area contributed by atoms with E-state index in [1.807, 2.05) is 6.07 Å². The van der Waals surface area contributed by atoms with Gasteiger partial charge in [-0.05, 0) is 40.8 Å². The highest BCUT2D eigenvalue weighted by molar-refractivity contribution is 14.1. The van der Waals surface area contributed by atoms with Crippen LogP contribution in [-0.2, 0) is 3.42 Å². The minimum atomic E-state index is 0.0480. The Bertz CT molecular complexity index is 674. The number of alkyl halides is 1. The lowest BCUT2D eigenvalue weighted by molar-refractivity contribution is 0.563. The van der Waals surface area contributed by atoms with Gasteiger partial charge in [0.05, 0.1) is 3.42 Å². The van der Waals surface area contributed by atoms with Crippen molar-refractivity contribution in [1.82, 2.24) is 0 Å². The van der Waals surface area contributed by atoms with Crippen LogP contribution in [0.25, 0.3) is 11.1 Å². The number of rotatable bonds is 7. The van der Waals surface area contributed by atoms with E-state index in [9.17, 15) is 0 Å². The topological polar surface area (TPSA) is 0 Å². The second-order valence-electron chi connectivity index (χ2n) is 6.81. The molecule has 3 rings (SSSR count). The predicted octanol–water partition coefficient (Wildman–Crippen LogP) is 6.65. The highest BCUT2D eigenvalue weighted by Gasteiger charge is 2.40. The van der Waals surface area contributed by atoms with Crippen LogP contribution in [0.1, 0.15) is 63.0 Å². The Morgan fingerprint density at radius 1 is 0.917 bits per heavy atom. The Kier molecular flexibility index (Phi) is 6.13. The van der Waals surface area contributed by atoms with Gasteiger partial charge in [0.1, 0.15) is 7.85 Å². The van der Waals surface area contributed by atoms with Crippen LogP contribution in [0.15, 0.2) is 40.9 Å². The first-order valence-electron chi connectivity index (χ1n) is 8.95. The highest BCUT2D eigenvalue weighted by atomic mass is 127. The van der Waals surface area contributed by atoms with Gasteiger partial charge in [-0.25, -0.2) is 0 Å². The standard InChI is InChI=1S/C21H23BBrI/c1-2-3-4-5-6-7-12-21(24)19-13-15(22)8-10-17(19)18-11-9-16(23)14-20(18)21/h8-11,13-14H,2-7,12H2,1H3. The van der Waals surface area contributed by atoms with Gasteiger partial charge in [-0.2, -0.15) is 0 Å². The summed E-state index contributed by atoms with van der Waals surface area (Å²) in [6, 6.07) is 13.1. The summed E-state index contributed by atoms with van der Waals surface area (Å²) in [7, 11) is 6.11. The number of halogens is 2. The molecule has 1 aliphatic carbocycles. The average molecular weight is 493 g/mol. The summed E-state index contributed by atoms with van der Waals surface area (Å²) in [5.74, 6) is 0. The molecule has 0 amide bonds. The fraction of sp³-hybridized carbons (Fsp3) is 0.429. The van der Waals surface area contributed by atoms with E-state index >= 15 is 0 Å². The van der Waals surface area contributed by atoms with Crippen molar-refractivity contribution in [3.8, 4) is 11.1 Å². The van der Waals surface area contributed by atoms with Crippen molar-refractivity contribution in [3.63, 3.8) is 0 Å². The number of hydrogen-bond acceptors (Lipinski definition) is 0. The minimum absolute atomic E-state index is 0.0480. The highest BCUT2D eigenvalue weighted by Crippen LogP contribution is 2.55. The largest absolute Gasteiger partial charge is 0.113 e. The molecule has 124 valence electrons. The zero-order valence-corrected chi connectivity index (χ0v) is 18.0. The third kappa shape index (κ3) is 3.62. The molecule has 1 aliphatic rings. The smallest absolute Gasteiger partial charge is 0.0963 e. The molecule has 2 radical (unpaired) electrons. The number of unbranched alkanes of at least 4 members (excludes halogenated alkanes) is 5. The zero-order valence-electron chi connectivity index (χ0n) is 14.2. The van der Waals surface area contributed by atoms with Gasteiger partial charge in [-0.1, -0.05) is 114 Å². The van der Waals surface area contributed by atoms with Gasteiger partial charge in [-0.15, -0.1) is 0 Å². The molecule has 24 heavy (non-hydrogen) atoms. The Hall–Kier alpha value is -0.285. The second-order valence-corrected chi connectivity index (χ2v) is 9.57. The van der Waals surface area contributed by atoms with Gasteiger partial charge in [0.25, 0.3) is 0 Å². The maximum Gasteiger partial charge on any atom is 0.113 e. The van der Waals surface area contributed by atoms with Gasteiger partial charge in [0, 0.05) is 4.47 Å². The van der Waals surface area contributed by atoms with Gasteiger partial charge in [-0.3, -0.25) is 0 Å². The lowest BCUT2D eigenvalue weighted by Gasteiger charge is -2.26. The van der Waals surface area contributed by atoms with Crippen molar-refractivity contribution in [1.29, 1.82) is 0 Å². The first-order chi connectivity index (χ1) is 11.6. The van der Waals surface area contributed by atoms with Crippen LogP contribution < -0.4 is 5.46 Å². The molecule has 0 bridgehead atoms. The van der Waals surface area contributed by atoms with E-state index in [4.69, 9.17) is 7.85 Å². The van der Waals surface area contributed by atoms with E-state index in [0.717, 1.165) is 9.94 Å². The normalized spacial score (nSPS) is 18.5. The Morgan fingerprint density at radius 3 is 2.29 bits per heavy atom. The Morgan fingerprint density at radius 2 is 1.54 bits per heavy atom. The van der Waals surface area contributed by atoms with E-state index in [1.165, 1.54) is 67.2 Å². The number of hydrogen-bond donors (Lipinski definition) is 0. The molecule has 0 nitrogen and oxygen atoms in total. The molecule has 3 heteroatoms. The molecule has 0 fully saturated rings. The van der Waals surface area contributed by atoms with Crippen LogP contribution in [0.4, 0.5) is 0 Å². The zero-order chi connectivity index (χ0) is 17.2. The average Bonchev–Trinajstić information content (AvgIpc) is 2.80. The van der Waals surface area contributed by atoms with E-state index < -0.39 is 0 Å². The van der Waals surface area contributed by atoms with Crippen LogP contribution >= 0.6 is 38.5 Å². The van der Waals surface area contributed by atoms with Gasteiger partial charge in [0.2, 0.25) is 0 Å². The molecule has 2 aromatic rings. The molecule has 0 saturated carbocycles. The summed E-state index contributed by atoms with van der Waals surface area (Å²) < 4.78 is 1.21. The molecule has 2 aromatic carbocycles. The van der Waals surface area contributed by atoms with Gasteiger partial charge in [0.15, 0.2) is 0 Å². The van der Waals surface area contributed by atoms with Crippen LogP contribution in [0.5, 0.6) is 0 Å². The van der Waals surface area contributed by atoms with Crippen LogP contribution in [0.3, 0.4) is 0 Å². The molecular formula is C21H23BBrI. The van der Waals surface area contributed by atoms with E-state index in [-0.39, 0.29) is 3.42 Å². The SMILES string of the molecule is [B]c1ccc2c(c1)C(I)(CCCCCCCC)c1cc(Br)ccc1-2. The van der Waals surface area contributed by atoms with Crippen molar-refractivity contribution in [2.45, 2.75) is 55.3 Å². The first kappa shape index (κ1) is 18.5. The van der Waals surface area contributed by atoms with Gasteiger partial charge >= 0.3 is 0 Å². The summed E-state index contributed by atoms with van der Waals surface area (Å²) in [4.78, 5) is 0. The van der Waals surface area contributed by atoms with Crippen molar-refractivity contribution in [2.24, 2.45) is 0 Å². The minimum Gasteiger partial charge on any atom is -0.0963 e. The summed E-state index contributed by atoms with van der Waals surface area (Å²) in [5, 5.41) is 0. The van der Waals surface area contributed by atoms with Crippen molar-refractivity contribution < 1.29 is 0 Å². The summed E-state index contributed by atoms with van der Waals surface area (Å²) in [5.41, 5.74) is 6.42. The Labute approximate surface area is 169 Å². The molecule has 0 aromatic heterocycles. The summed E-state index contributed by atoms with van der Waals surface area (Å²) in [6.07, 6.45) is 9.18. The van der Waals surface area contributed by atoms with E-state index in [1.54, 1.807) is 0 Å². The van der Waals surface area contributed by atoms with Gasteiger partial charge < -0.3 is 0 Å². The summed E-state index contributed by atoms with van der Waals surface area (Å²) in [6.45, 7) is 2.27. The molecule has 0 spiro atoms.